The van der Waals surface area contributed by atoms with Crippen molar-refractivity contribution in [1.29, 1.82) is 0 Å². The van der Waals surface area contributed by atoms with E-state index in [0.717, 1.165) is 6.42 Å². The third-order valence-corrected chi connectivity index (χ3v) is 3.49. The Morgan fingerprint density at radius 1 is 1.09 bits per heavy atom. The van der Waals surface area contributed by atoms with Crippen LogP contribution in [0.25, 0.3) is 0 Å². The van der Waals surface area contributed by atoms with E-state index >= 15 is 0 Å². The van der Waals surface area contributed by atoms with Crippen molar-refractivity contribution in [3.05, 3.63) is 65.2 Å². The largest absolute Gasteiger partial charge is 0.483 e. The van der Waals surface area contributed by atoms with Crippen LogP contribution in [0, 0.1) is 6.92 Å². The summed E-state index contributed by atoms with van der Waals surface area (Å²) in [6.45, 7) is 2.42. The SMILES string of the molecule is Cc1ccccc1CCNC(=O)COc1ccccc1C(N)=O. The van der Waals surface area contributed by atoms with E-state index in [1.54, 1.807) is 24.3 Å². The summed E-state index contributed by atoms with van der Waals surface area (Å²) in [5, 5.41) is 2.80. The Bertz CT molecular complexity index is 698. The zero-order valence-electron chi connectivity index (χ0n) is 13.0. The van der Waals surface area contributed by atoms with E-state index in [-0.39, 0.29) is 18.1 Å². The van der Waals surface area contributed by atoms with E-state index < -0.39 is 5.91 Å². The minimum atomic E-state index is -0.583. The van der Waals surface area contributed by atoms with Crippen molar-refractivity contribution in [2.45, 2.75) is 13.3 Å². The highest BCUT2D eigenvalue weighted by Crippen LogP contribution is 2.16. The lowest BCUT2D eigenvalue weighted by Crippen LogP contribution is -2.31. The van der Waals surface area contributed by atoms with Gasteiger partial charge in [0.25, 0.3) is 11.8 Å². The summed E-state index contributed by atoms with van der Waals surface area (Å²) in [5.74, 6) is -0.507. The number of hydrogen-bond acceptors (Lipinski definition) is 3. The van der Waals surface area contributed by atoms with Gasteiger partial charge in [0, 0.05) is 6.54 Å². The molecule has 0 aliphatic rings. The number of hydrogen-bond donors (Lipinski definition) is 2. The summed E-state index contributed by atoms with van der Waals surface area (Å²) in [5.41, 5.74) is 7.93. The number of nitrogens with one attached hydrogen (secondary N) is 1. The van der Waals surface area contributed by atoms with Gasteiger partial charge < -0.3 is 15.8 Å². The maximum absolute atomic E-state index is 11.8. The molecule has 5 heteroatoms. The van der Waals surface area contributed by atoms with Crippen LogP contribution in [0.5, 0.6) is 5.75 Å². The lowest BCUT2D eigenvalue weighted by Gasteiger charge is -2.10. The molecule has 2 rings (SSSR count). The Hall–Kier alpha value is -2.82. The second-order valence-electron chi connectivity index (χ2n) is 5.18. The first kappa shape index (κ1) is 16.5. The zero-order chi connectivity index (χ0) is 16.7. The van der Waals surface area contributed by atoms with Crippen LogP contribution in [0.4, 0.5) is 0 Å². The van der Waals surface area contributed by atoms with Crippen LogP contribution in [0.1, 0.15) is 21.5 Å². The summed E-state index contributed by atoms with van der Waals surface area (Å²) in [7, 11) is 0. The summed E-state index contributed by atoms with van der Waals surface area (Å²) >= 11 is 0. The fourth-order valence-electron chi connectivity index (χ4n) is 2.22. The quantitative estimate of drug-likeness (QED) is 0.818. The van der Waals surface area contributed by atoms with Crippen molar-refractivity contribution < 1.29 is 14.3 Å². The molecule has 0 fully saturated rings. The van der Waals surface area contributed by atoms with Gasteiger partial charge in [-0.2, -0.15) is 0 Å². The Labute approximate surface area is 135 Å². The number of benzene rings is 2. The molecule has 0 radical (unpaired) electrons. The van der Waals surface area contributed by atoms with Crippen molar-refractivity contribution >= 4 is 11.8 Å². The van der Waals surface area contributed by atoms with E-state index in [0.29, 0.717) is 12.3 Å². The second kappa shape index (κ2) is 7.98. The predicted octanol–water partition coefficient (Wildman–Crippen LogP) is 1.83. The number of amides is 2. The summed E-state index contributed by atoms with van der Waals surface area (Å²) in [6, 6.07) is 14.6. The van der Waals surface area contributed by atoms with Gasteiger partial charge in [0.1, 0.15) is 5.75 Å². The molecule has 2 amide bonds. The number of aryl methyl sites for hydroxylation is 1. The van der Waals surface area contributed by atoms with Gasteiger partial charge in [-0.15, -0.1) is 0 Å². The Morgan fingerprint density at radius 2 is 1.78 bits per heavy atom. The molecular weight excluding hydrogens is 292 g/mol. The third kappa shape index (κ3) is 4.85. The van der Waals surface area contributed by atoms with E-state index in [1.165, 1.54) is 11.1 Å². The summed E-state index contributed by atoms with van der Waals surface area (Å²) in [4.78, 5) is 23.1. The monoisotopic (exact) mass is 312 g/mol. The van der Waals surface area contributed by atoms with Gasteiger partial charge in [-0.1, -0.05) is 36.4 Å². The normalized spacial score (nSPS) is 10.1. The minimum absolute atomic E-state index is 0.155. The first-order valence-electron chi connectivity index (χ1n) is 7.41. The van der Waals surface area contributed by atoms with Gasteiger partial charge in [0.2, 0.25) is 0 Å². The molecule has 0 unspecified atom stereocenters. The predicted molar refractivity (Wildman–Crippen MR) is 88.3 cm³/mol. The van der Waals surface area contributed by atoms with Crippen molar-refractivity contribution in [1.82, 2.24) is 5.32 Å². The molecule has 2 aromatic rings. The molecule has 0 saturated carbocycles. The van der Waals surface area contributed by atoms with Crippen LogP contribution in [0.3, 0.4) is 0 Å². The van der Waals surface area contributed by atoms with E-state index in [1.807, 2.05) is 31.2 Å². The van der Waals surface area contributed by atoms with Gasteiger partial charge in [0.05, 0.1) is 5.56 Å². The molecule has 0 aliphatic carbocycles. The maximum Gasteiger partial charge on any atom is 0.257 e. The van der Waals surface area contributed by atoms with Crippen LogP contribution < -0.4 is 15.8 Å². The molecule has 0 bridgehead atoms. The molecule has 0 spiro atoms. The zero-order valence-corrected chi connectivity index (χ0v) is 13.0. The van der Waals surface area contributed by atoms with Crippen LogP contribution in [-0.2, 0) is 11.2 Å². The number of nitrogens with two attached hydrogens (primary N) is 1. The second-order valence-corrected chi connectivity index (χ2v) is 5.18. The minimum Gasteiger partial charge on any atom is -0.483 e. The molecular formula is C18H20N2O3. The number of ether oxygens (including phenoxy) is 1. The molecule has 0 saturated heterocycles. The summed E-state index contributed by atoms with van der Waals surface area (Å²) < 4.78 is 5.37. The molecule has 120 valence electrons. The van der Waals surface area contributed by atoms with Crippen LogP contribution in [0.15, 0.2) is 48.5 Å². The van der Waals surface area contributed by atoms with Gasteiger partial charge in [-0.3, -0.25) is 9.59 Å². The maximum atomic E-state index is 11.8. The molecule has 3 N–H and O–H groups in total. The van der Waals surface area contributed by atoms with E-state index in [9.17, 15) is 9.59 Å². The topological polar surface area (TPSA) is 81.4 Å². The highest BCUT2D eigenvalue weighted by atomic mass is 16.5. The molecule has 2 aromatic carbocycles. The number of carbonyl (C=O) groups excluding carboxylic acids is 2. The molecule has 0 aliphatic heterocycles. The summed E-state index contributed by atoms with van der Waals surface area (Å²) in [6.07, 6.45) is 0.760. The van der Waals surface area contributed by atoms with Gasteiger partial charge in [-0.25, -0.2) is 0 Å². The molecule has 0 atom stereocenters. The van der Waals surface area contributed by atoms with E-state index in [2.05, 4.69) is 5.32 Å². The number of primary amides is 1. The standard InChI is InChI=1S/C18H20N2O3/c1-13-6-2-3-7-14(13)10-11-20-17(21)12-23-16-9-5-4-8-15(16)18(19)22/h2-9H,10-12H2,1H3,(H2,19,22)(H,20,21). The van der Waals surface area contributed by atoms with Crippen LogP contribution in [0.2, 0.25) is 0 Å². The van der Waals surface area contributed by atoms with Crippen LogP contribution >= 0.6 is 0 Å². The smallest absolute Gasteiger partial charge is 0.257 e. The lowest BCUT2D eigenvalue weighted by atomic mass is 10.1. The van der Waals surface area contributed by atoms with Gasteiger partial charge >= 0.3 is 0 Å². The average molecular weight is 312 g/mol. The van der Waals surface area contributed by atoms with Gasteiger partial charge in [0.15, 0.2) is 6.61 Å². The average Bonchev–Trinajstić information content (AvgIpc) is 2.55. The first-order valence-corrected chi connectivity index (χ1v) is 7.41. The highest BCUT2D eigenvalue weighted by molar-refractivity contribution is 5.95. The Morgan fingerprint density at radius 3 is 2.52 bits per heavy atom. The molecule has 23 heavy (non-hydrogen) atoms. The third-order valence-electron chi connectivity index (χ3n) is 3.49. The van der Waals surface area contributed by atoms with Gasteiger partial charge in [-0.05, 0) is 36.6 Å². The molecule has 0 aromatic heterocycles. The Kier molecular flexibility index (Phi) is 5.74. The van der Waals surface area contributed by atoms with Crippen molar-refractivity contribution in [2.24, 2.45) is 5.73 Å². The fraction of sp³-hybridized carbons (Fsp3) is 0.222. The number of para-hydroxylation sites is 1. The van der Waals surface area contributed by atoms with Crippen LogP contribution in [-0.4, -0.2) is 25.0 Å². The van der Waals surface area contributed by atoms with Crippen molar-refractivity contribution in [3.63, 3.8) is 0 Å². The Balaban J connectivity index is 1.80. The van der Waals surface area contributed by atoms with Crippen molar-refractivity contribution in [2.75, 3.05) is 13.2 Å². The van der Waals surface area contributed by atoms with E-state index in [4.69, 9.17) is 10.5 Å². The first-order chi connectivity index (χ1) is 11.1. The lowest BCUT2D eigenvalue weighted by molar-refractivity contribution is -0.123. The fourth-order valence-corrected chi connectivity index (χ4v) is 2.22. The highest BCUT2D eigenvalue weighted by Gasteiger charge is 2.10. The number of rotatable bonds is 7. The molecule has 0 heterocycles. The number of carbonyl (C=O) groups is 2. The molecule has 5 nitrogen and oxygen atoms in total. The van der Waals surface area contributed by atoms with Crippen molar-refractivity contribution in [3.8, 4) is 5.75 Å².